The Kier molecular flexibility index (Phi) is 3.48. The summed E-state index contributed by atoms with van der Waals surface area (Å²) in [5.74, 6) is 1.67. The smallest absolute Gasteiger partial charge is 0.142 e. The average molecular weight is 278 g/mol. The Hall–Kier alpha value is -2.55. The van der Waals surface area contributed by atoms with Crippen molar-refractivity contribution in [1.29, 1.82) is 0 Å². The van der Waals surface area contributed by atoms with E-state index >= 15 is 0 Å². The Labute approximate surface area is 124 Å². The Morgan fingerprint density at radius 1 is 1.00 bits per heavy atom. The Morgan fingerprint density at radius 3 is 2.62 bits per heavy atom. The molecule has 0 atom stereocenters. The summed E-state index contributed by atoms with van der Waals surface area (Å²) in [6.45, 7) is 4.14. The zero-order valence-corrected chi connectivity index (χ0v) is 12.5. The number of hydrogen-bond acceptors (Lipinski definition) is 3. The van der Waals surface area contributed by atoms with Gasteiger partial charge in [0.15, 0.2) is 0 Å². The van der Waals surface area contributed by atoms with E-state index in [1.54, 1.807) is 7.11 Å². The maximum atomic E-state index is 5.37. The van der Waals surface area contributed by atoms with Gasteiger partial charge in [-0.15, -0.1) is 0 Å². The summed E-state index contributed by atoms with van der Waals surface area (Å²) in [4.78, 5) is 4.74. The van der Waals surface area contributed by atoms with Gasteiger partial charge in [-0.25, -0.2) is 4.98 Å². The number of para-hydroxylation sites is 2. The molecule has 106 valence electrons. The maximum absolute atomic E-state index is 5.37. The van der Waals surface area contributed by atoms with E-state index in [0.29, 0.717) is 0 Å². The molecule has 3 aromatic rings. The lowest BCUT2D eigenvalue weighted by molar-refractivity contribution is 0.417. The van der Waals surface area contributed by atoms with Gasteiger partial charge >= 0.3 is 0 Å². The van der Waals surface area contributed by atoms with Crippen molar-refractivity contribution in [1.82, 2.24) is 4.98 Å². The number of fused-ring (bicyclic) bond motifs is 1. The third-order valence-corrected chi connectivity index (χ3v) is 3.52. The van der Waals surface area contributed by atoms with E-state index in [0.717, 1.165) is 33.7 Å². The third-order valence-electron chi connectivity index (χ3n) is 3.52. The van der Waals surface area contributed by atoms with Crippen molar-refractivity contribution in [2.24, 2.45) is 0 Å². The first-order valence-corrected chi connectivity index (χ1v) is 6.95. The fourth-order valence-corrected chi connectivity index (χ4v) is 2.38. The van der Waals surface area contributed by atoms with Gasteiger partial charge in [0.05, 0.1) is 18.3 Å². The molecule has 0 unspecified atom stereocenters. The minimum Gasteiger partial charge on any atom is -0.495 e. The predicted octanol–water partition coefficient (Wildman–Crippen LogP) is 4.60. The van der Waals surface area contributed by atoms with Crippen LogP contribution in [0.3, 0.4) is 0 Å². The second kappa shape index (κ2) is 5.44. The van der Waals surface area contributed by atoms with E-state index in [2.05, 4.69) is 43.4 Å². The fourth-order valence-electron chi connectivity index (χ4n) is 2.38. The molecule has 0 aliphatic rings. The summed E-state index contributed by atoms with van der Waals surface area (Å²) >= 11 is 0. The van der Waals surface area contributed by atoms with E-state index in [1.807, 2.05) is 24.3 Å². The minimum absolute atomic E-state index is 0.808. The largest absolute Gasteiger partial charge is 0.495 e. The SMILES string of the molecule is COc1ccccc1Nc1nc2cc(C)ccc2cc1C. The number of hydrogen-bond donors (Lipinski definition) is 1. The number of nitrogens with zero attached hydrogens (tertiary/aromatic N) is 1. The van der Waals surface area contributed by atoms with Gasteiger partial charge < -0.3 is 10.1 Å². The number of rotatable bonds is 3. The summed E-state index contributed by atoms with van der Waals surface area (Å²) in [6, 6.07) is 16.3. The molecule has 0 radical (unpaired) electrons. The van der Waals surface area contributed by atoms with Crippen molar-refractivity contribution < 1.29 is 4.74 Å². The van der Waals surface area contributed by atoms with E-state index in [-0.39, 0.29) is 0 Å². The van der Waals surface area contributed by atoms with Gasteiger partial charge in [0.1, 0.15) is 11.6 Å². The lowest BCUT2D eigenvalue weighted by atomic mass is 10.1. The summed E-state index contributed by atoms with van der Waals surface area (Å²) in [7, 11) is 1.67. The number of anilines is 2. The average Bonchev–Trinajstić information content (AvgIpc) is 2.49. The fraction of sp³-hybridized carbons (Fsp3) is 0.167. The first kappa shape index (κ1) is 13.4. The summed E-state index contributed by atoms with van der Waals surface area (Å²) in [5.41, 5.74) is 4.24. The first-order valence-electron chi connectivity index (χ1n) is 6.95. The summed E-state index contributed by atoms with van der Waals surface area (Å²) in [5, 5.41) is 4.52. The molecule has 3 heteroatoms. The van der Waals surface area contributed by atoms with Crippen LogP contribution in [0.2, 0.25) is 0 Å². The summed E-state index contributed by atoms with van der Waals surface area (Å²) < 4.78 is 5.37. The van der Waals surface area contributed by atoms with Gasteiger partial charge in [0.2, 0.25) is 0 Å². The van der Waals surface area contributed by atoms with E-state index in [9.17, 15) is 0 Å². The van der Waals surface area contributed by atoms with Crippen molar-refractivity contribution in [3.63, 3.8) is 0 Å². The van der Waals surface area contributed by atoms with E-state index < -0.39 is 0 Å². The zero-order chi connectivity index (χ0) is 14.8. The van der Waals surface area contributed by atoms with Gasteiger partial charge in [0.25, 0.3) is 0 Å². The Morgan fingerprint density at radius 2 is 1.81 bits per heavy atom. The molecular weight excluding hydrogens is 260 g/mol. The molecule has 0 fully saturated rings. The van der Waals surface area contributed by atoms with Crippen molar-refractivity contribution in [3.05, 3.63) is 59.7 Å². The molecule has 0 saturated heterocycles. The number of aromatic nitrogens is 1. The van der Waals surface area contributed by atoms with E-state index in [4.69, 9.17) is 9.72 Å². The van der Waals surface area contributed by atoms with Gasteiger partial charge in [0, 0.05) is 5.39 Å². The minimum atomic E-state index is 0.808. The van der Waals surface area contributed by atoms with Crippen molar-refractivity contribution >= 4 is 22.4 Å². The second-order valence-corrected chi connectivity index (χ2v) is 5.18. The lowest BCUT2D eigenvalue weighted by Gasteiger charge is -2.13. The topological polar surface area (TPSA) is 34.1 Å². The number of ether oxygens (including phenoxy) is 1. The molecule has 21 heavy (non-hydrogen) atoms. The van der Waals surface area contributed by atoms with Crippen LogP contribution in [-0.4, -0.2) is 12.1 Å². The van der Waals surface area contributed by atoms with Gasteiger partial charge in [-0.3, -0.25) is 0 Å². The Bertz CT molecular complexity index is 796. The Balaban J connectivity index is 2.05. The van der Waals surface area contributed by atoms with Crippen LogP contribution >= 0.6 is 0 Å². The highest BCUT2D eigenvalue weighted by Gasteiger charge is 2.07. The highest BCUT2D eigenvalue weighted by atomic mass is 16.5. The molecule has 0 spiro atoms. The monoisotopic (exact) mass is 278 g/mol. The normalized spacial score (nSPS) is 10.6. The van der Waals surface area contributed by atoms with Crippen LogP contribution in [-0.2, 0) is 0 Å². The van der Waals surface area contributed by atoms with Crippen LogP contribution in [0.1, 0.15) is 11.1 Å². The number of aryl methyl sites for hydroxylation is 2. The molecule has 0 aliphatic heterocycles. The van der Waals surface area contributed by atoms with Crippen LogP contribution in [0.25, 0.3) is 10.9 Å². The highest BCUT2D eigenvalue weighted by molar-refractivity contribution is 5.83. The molecular formula is C18H18N2O. The molecule has 3 nitrogen and oxygen atoms in total. The molecule has 1 heterocycles. The van der Waals surface area contributed by atoms with Crippen molar-refractivity contribution in [3.8, 4) is 5.75 Å². The quantitative estimate of drug-likeness (QED) is 0.760. The number of nitrogens with one attached hydrogen (secondary N) is 1. The second-order valence-electron chi connectivity index (χ2n) is 5.18. The maximum Gasteiger partial charge on any atom is 0.142 e. The van der Waals surface area contributed by atoms with Crippen molar-refractivity contribution in [2.45, 2.75) is 13.8 Å². The molecule has 0 saturated carbocycles. The first-order chi connectivity index (χ1) is 10.2. The van der Waals surface area contributed by atoms with Crippen LogP contribution in [0.15, 0.2) is 48.5 Å². The third kappa shape index (κ3) is 2.68. The standard InChI is InChI=1S/C18H18N2O/c1-12-8-9-14-11-13(2)18(20-16(14)10-12)19-15-6-4-5-7-17(15)21-3/h4-11H,1-3H3,(H,19,20). The van der Waals surface area contributed by atoms with Gasteiger partial charge in [-0.1, -0.05) is 24.3 Å². The van der Waals surface area contributed by atoms with Crippen LogP contribution in [0.5, 0.6) is 5.75 Å². The zero-order valence-electron chi connectivity index (χ0n) is 12.5. The molecule has 1 aromatic heterocycles. The molecule has 3 rings (SSSR count). The highest BCUT2D eigenvalue weighted by Crippen LogP contribution is 2.29. The van der Waals surface area contributed by atoms with Crippen LogP contribution < -0.4 is 10.1 Å². The van der Waals surface area contributed by atoms with E-state index in [1.165, 1.54) is 5.56 Å². The predicted molar refractivity (Wildman–Crippen MR) is 87.5 cm³/mol. The molecule has 1 N–H and O–H groups in total. The molecule has 2 aromatic carbocycles. The van der Waals surface area contributed by atoms with Gasteiger partial charge in [-0.05, 0) is 49.2 Å². The number of pyridine rings is 1. The van der Waals surface area contributed by atoms with Crippen LogP contribution in [0, 0.1) is 13.8 Å². The number of benzene rings is 2. The number of methoxy groups -OCH3 is 1. The molecule has 0 bridgehead atoms. The van der Waals surface area contributed by atoms with Crippen LogP contribution in [0.4, 0.5) is 11.5 Å². The molecule has 0 aliphatic carbocycles. The lowest BCUT2D eigenvalue weighted by Crippen LogP contribution is -1.99. The van der Waals surface area contributed by atoms with Crippen molar-refractivity contribution in [2.75, 3.05) is 12.4 Å². The summed E-state index contributed by atoms with van der Waals surface area (Å²) in [6.07, 6.45) is 0. The molecule has 0 amide bonds. The van der Waals surface area contributed by atoms with Gasteiger partial charge in [-0.2, -0.15) is 0 Å².